The molecule has 1 heterocycles. The second-order valence-electron chi connectivity index (χ2n) is 7.37. The van der Waals surface area contributed by atoms with Crippen LogP contribution in [0.15, 0.2) is 54.6 Å². The van der Waals surface area contributed by atoms with Crippen LogP contribution in [0.25, 0.3) is 0 Å². The molecule has 1 saturated heterocycles. The lowest BCUT2D eigenvalue weighted by molar-refractivity contribution is -0.127. The Bertz CT molecular complexity index is 814. The third-order valence-corrected chi connectivity index (χ3v) is 5.05. The van der Waals surface area contributed by atoms with E-state index in [1.807, 2.05) is 49.4 Å². The number of amides is 2. The fourth-order valence-corrected chi connectivity index (χ4v) is 3.45. The molecule has 156 valence electrons. The van der Waals surface area contributed by atoms with Crippen LogP contribution in [0.5, 0.6) is 5.75 Å². The first-order chi connectivity index (χ1) is 13.5. The Morgan fingerprint density at radius 3 is 2.48 bits per heavy atom. The highest BCUT2D eigenvalue weighted by Gasteiger charge is 2.39. The van der Waals surface area contributed by atoms with E-state index in [1.165, 1.54) is 0 Å². The monoisotopic (exact) mass is 417 g/mol. The summed E-state index contributed by atoms with van der Waals surface area (Å²) in [7, 11) is 0. The zero-order valence-corrected chi connectivity index (χ0v) is 17.4. The number of hydrogen-bond acceptors (Lipinski definition) is 4. The highest BCUT2D eigenvalue weighted by Crippen LogP contribution is 2.32. The van der Waals surface area contributed by atoms with Crippen molar-refractivity contribution in [2.45, 2.75) is 19.8 Å². The number of halogens is 1. The van der Waals surface area contributed by atoms with E-state index in [-0.39, 0.29) is 24.2 Å². The maximum Gasteiger partial charge on any atom is 0.253 e. The van der Waals surface area contributed by atoms with Crippen molar-refractivity contribution in [3.05, 3.63) is 60.2 Å². The number of nitrogens with one attached hydrogen (secondary N) is 1. The second kappa shape index (κ2) is 10.3. The van der Waals surface area contributed by atoms with E-state index in [2.05, 4.69) is 5.32 Å². The highest BCUT2D eigenvalue weighted by atomic mass is 35.5. The molecule has 1 atom stereocenters. The predicted molar refractivity (Wildman–Crippen MR) is 117 cm³/mol. The first kappa shape index (κ1) is 22.7. The number of carbonyl (C=O) groups excluding carboxylic acids is 2. The smallest absolute Gasteiger partial charge is 0.253 e. The van der Waals surface area contributed by atoms with Crippen molar-refractivity contribution in [1.82, 2.24) is 4.90 Å². The minimum atomic E-state index is -0.628. The van der Waals surface area contributed by atoms with E-state index in [1.54, 1.807) is 17.0 Å². The highest BCUT2D eigenvalue weighted by molar-refractivity contribution is 5.97. The largest absolute Gasteiger partial charge is 0.492 e. The molecule has 0 aromatic heterocycles. The molecule has 0 saturated carbocycles. The molecule has 1 aliphatic heterocycles. The number of ether oxygens (including phenoxy) is 1. The minimum absolute atomic E-state index is 0. The van der Waals surface area contributed by atoms with Crippen molar-refractivity contribution < 1.29 is 14.3 Å². The van der Waals surface area contributed by atoms with E-state index >= 15 is 0 Å². The van der Waals surface area contributed by atoms with Crippen LogP contribution in [-0.4, -0.2) is 43.0 Å². The summed E-state index contributed by atoms with van der Waals surface area (Å²) in [6.45, 7) is 3.91. The molecule has 0 aliphatic carbocycles. The molecule has 6 nitrogen and oxygen atoms in total. The third kappa shape index (κ3) is 5.71. The molecule has 1 unspecified atom stereocenters. The van der Waals surface area contributed by atoms with Gasteiger partial charge in [0.05, 0.1) is 5.41 Å². The summed E-state index contributed by atoms with van der Waals surface area (Å²) in [6, 6.07) is 16.4. The SMILES string of the molecule is CC1(C(=O)Nc2ccc(OCCN)cc2)CCCN(C(=O)c2ccccc2)C1.Cl. The van der Waals surface area contributed by atoms with Gasteiger partial charge in [0, 0.05) is 30.9 Å². The van der Waals surface area contributed by atoms with Crippen LogP contribution in [0.4, 0.5) is 5.69 Å². The molecule has 0 radical (unpaired) electrons. The standard InChI is InChI=1S/C22H27N3O3.ClH/c1-22(21(27)24-18-8-10-19(11-9-18)28-15-13-23)12-5-14-25(16-22)20(26)17-6-3-2-4-7-17;/h2-4,6-11H,5,12-16,23H2,1H3,(H,24,27);1H. The summed E-state index contributed by atoms with van der Waals surface area (Å²) in [5.74, 6) is 0.612. The molecule has 0 spiro atoms. The van der Waals surface area contributed by atoms with Gasteiger partial charge < -0.3 is 20.7 Å². The number of anilines is 1. The van der Waals surface area contributed by atoms with Gasteiger partial charge in [0.15, 0.2) is 0 Å². The summed E-state index contributed by atoms with van der Waals surface area (Å²) in [6.07, 6.45) is 1.55. The van der Waals surface area contributed by atoms with E-state index in [9.17, 15) is 9.59 Å². The number of nitrogens with two attached hydrogens (primary N) is 1. The Hall–Kier alpha value is -2.57. The average molecular weight is 418 g/mol. The Kier molecular flexibility index (Phi) is 8.05. The van der Waals surface area contributed by atoms with Gasteiger partial charge in [-0.15, -0.1) is 12.4 Å². The van der Waals surface area contributed by atoms with Crippen molar-refractivity contribution in [2.75, 3.05) is 31.6 Å². The average Bonchev–Trinajstić information content (AvgIpc) is 2.73. The van der Waals surface area contributed by atoms with Crippen molar-refractivity contribution in [2.24, 2.45) is 11.1 Å². The number of piperidine rings is 1. The Balaban J connectivity index is 0.00000300. The van der Waals surface area contributed by atoms with Gasteiger partial charge in [-0.1, -0.05) is 18.2 Å². The van der Waals surface area contributed by atoms with Gasteiger partial charge in [-0.25, -0.2) is 0 Å². The molecule has 0 bridgehead atoms. The van der Waals surface area contributed by atoms with Crippen molar-refractivity contribution >= 4 is 29.9 Å². The molecule has 3 rings (SSSR count). The lowest BCUT2D eigenvalue weighted by atomic mass is 9.80. The van der Waals surface area contributed by atoms with Gasteiger partial charge >= 0.3 is 0 Å². The lowest BCUT2D eigenvalue weighted by Gasteiger charge is -2.39. The van der Waals surface area contributed by atoms with E-state index in [4.69, 9.17) is 10.5 Å². The fourth-order valence-electron chi connectivity index (χ4n) is 3.45. The number of benzene rings is 2. The van der Waals surface area contributed by atoms with Crippen LogP contribution in [-0.2, 0) is 4.79 Å². The van der Waals surface area contributed by atoms with Crippen molar-refractivity contribution in [3.63, 3.8) is 0 Å². The predicted octanol–water partition coefficient (Wildman–Crippen LogP) is 3.33. The quantitative estimate of drug-likeness (QED) is 0.755. The lowest BCUT2D eigenvalue weighted by Crippen LogP contribution is -2.50. The number of carbonyl (C=O) groups is 2. The molecule has 29 heavy (non-hydrogen) atoms. The van der Waals surface area contributed by atoms with Crippen LogP contribution < -0.4 is 15.8 Å². The summed E-state index contributed by atoms with van der Waals surface area (Å²) in [5.41, 5.74) is 6.16. The van der Waals surface area contributed by atoms with E-state index < -0.39 is 5.41 Å². The summed E-state index contributed by atoms with van der Waals surface area (Å²) < 4.78 is 5.45. The molecule has 3 N–H and O–H groups in total. The van der Waals surface area contributed by atoms with Gasteiger partial charge in [-0.2, -0.15) is 0 Å². The summed E-state index contributed by atoms with van der Waals surface area (Å²) in [5, 5.41) is 2.98. The summed E-state index contributed by atoms with van der Waals surface area (Å²) >= 11 is 0. The molecule has 1 fully saturated rings. The maximum atomic E-state index is 13.0. The molecule has 2 amide bonds. The molecular weight excluding hydrogens is 390 g/mol. The van der Waals surface area contributed by atoms with Crippen molar-refractivity contribution in [1.29, 1.82) is 0 Å². The van der Waals surface area contributed by atoms with Crippen LogP contribution in [0.2, 0.25) is 0 Å². The van der Waals surface area contributed by atoms with E-state index in [0.29, 0.717) is 43.2 Å². The first-order valence-electron chi connectivity index (χ1n) is 9.60. The van der Waals surface area contributed by atoms with Gasteiger partial charge in [-0.05, 0) is 56.2 Å². The summed E-state index contributed by atoms with van der Waals surface area (Å²) in [4.78, 5) is 27.5. The normalized spacial score (nSPS) is 18.5. The van der Waals surface area contributed by atoms with Gasteiger partial charge in [0.25, 0.3) is 5.91 Å². The van der Waals surface area contributed by atoms with Crippen LogP contribution in [0.1, 0.15) is 30.1 Å². The zero-order chi connectivity index (χ0) is 20.0. The zero-order valence-electron chi connectivity index (χ0n) is 16.6. The van der Waals surface area contributed by atoms with E-state index in [0.717, 1.165) is 12.8 Å². The topological polar surface area (TPSA) is 84.7 Å². The Morgan fingerprint density at radius 2 is 1.83 bits per heavy atom. The van der Waals surface area contributed by atoms with Crippen molar-refractivity contribution in [3.8, 4) is 5.75 Å². The second-order valence-corrected chi connectivity index (χ2v) is 7.37. The minimum Gasteiger partial charge on any atom is -0.492 e. The maximum absolute atomic E-state index is 13.0. The number of nitrogens with zero attached hydrogens (tertiary/aromatic N) is 1. The fraction of sp³-hybridized carbons (Fsp3) is 0.364. The van der Waals surface area contributed by atoms with Crippen LogP contribution in [0.3, 0.4) is 0 Å². The third-order valence-electron chi connectivity index (χ3n) is 5.05. The number of hydrogen-bond donors (Lipinski definition) is 2. The molecule has 2 aromatic rings. The Labute approximate surface area is 177 Å². The Morgan fingerprint density at radius 1 is 1.14 bits per heavy atom. The molecular formula is C22H28ClN3O3. The van der Waals surface area contributed by atoms with Gasteiger partial charge in [-0.3, -0.25) is 9.59 Å². The number of likely N-dealkylation sites (tertiary alicyclic amines) is 1. The van der Waals surface area contributed by atoms with Crippen LogP contribution >= 0.6 is 12.4 Å². The van der Waals surface area contributed by atoms with Crippen LogP contribution in [0, 0.1) is 5.41 Å². The number of rotatable bonds is 6. The molecule has 2 aromatic carbocycles. The molecule has 1 aliphatic rings. The van der Waals surface area contributed by atoms with Gasteiger partial charge in [0.2, 0.25) is 5.91 Å². The first-order valence-corrected chi connectivity index (χ1v) is 9.60. The molecule has 7 heteroatoms. The van der Waals surface area contributed by atoms with Gasteiger partial charge in [0.1, 0.15) is 12.4 Å².